The van der Waals surface area contributed by atoms with Crippen LogP contribution in [-0.2, 0) is 4.74 Å². The number of nitriles is 2. The zero-order valence-corrected chi connectivity index (χ0v) is 10.5. The number of thioether (sulfide) groups is 1. The lowest BCUT2D eigenvalue weighted by Crippen LogP contribution is -1.84. The summed E-state index contributed by atoms with van der Waals surface area (Å²) >= 11 is 2.72. The van der Waals surface area contributed by atoms with Crippen LogP contribution in [0.15, 0.2) is 9.20 Å². The minimum atomic E-state index is 0.410. The monoisotopic (exact) mass is 251 g/mol. The molecule has 1 aromatic heterocycles. The summed E-state index contributed by atoms with van der Waals surface area (Å²) in [6, 6.07) is 4.10. The van der Waals surface area contributed by atoms with E-state index in [1.165, 1.54) is 29.5 Å². The molecule has 0 aliphatic carbocycles. The molecule has 4 nitrogen and oxygen atoms in total. The molecule has 0 saturated carbocycles. The summed E-state index contributed by atoms with van der Waals surface area (Å²) in [6.45, 7) is 2.34. The van der Waals surface area contributed by atoms with Crippen molar-refractivity contribution in [1.29, 1.82) is 10.5 Å². The second kappa shape index (κ2) is 6.16. The lowest BCUT2D eigenvalue weighted by molar-refractivity contribution is 0.344. The highest BCUT2D eigenvalue weighted by Gasteiger charge is 2.16. The maximum Gasteiger partial charge on any atom is 0.174 e. The highest BCUT2D eigenvalue weighted by molar-refractivity contribution is 8.00. The van der Waals surface area contributed by atoms with Crippen LogP contribution in [0.4, 0.5) is 5.69 Å². The van der Waals surface area contributed by atoms with Gasteiger partial charge in [0.1, 0.15) is 28.3 Å². The van der Waals surface area contributed by atoms with Crippen LogP contribution in [0.2, 0.25) is 0 Å². The van der Waals surface area contributed by atoms with Crippen LogP contribution >= 0.6 is 23.1 Å². The Labute approximate surface area is 102 Å². The molecular weight excluding hydrogens is 242 g/mol. The first kappa shape index (κ1) is 12.6. The molecule has 0 bridgehead atoms. The fraction of sp³-hybridized carbons (Fsp3) is 0.300. The van der Waals surface area contributed by atoms with Gasteiger partial charge in [0.05, 0.1) is 10.8 Å². The molecule has 6 heteroatoms. The molecule has 0 unspecified atom stereocenters. The Balaban J connectivity index is 3.20. The normalized spacial score (nSPS) is 10.0. The fourth-order valence-corrected chi connectivity index (χ4v) is 2.66. The van der Waals surface area contributed by atoms with E-state index >= 15 is 0 Å². The molecular formula is C10H9N3OS2. The van der Waals surface area contributed by atoms with Crippen molar-refractivity contribution >= 4 is 35.2 Å². The summed E-state index contributed by atoms with van der Waals surface area (Å²) in [5, 5.41) is 17.9. The molecule has 1 rings (SSSR count). The molecule has 0 atom stereocenters. The van der Waals surface area contributed by atoms with Gasteiger partial charge in [-0.2, -0.15) is 10.5 Å². The Morgan fingerprint density at radius 3 is 2.75 bits per heavy atom. The van der Waals surface area contributed by atoms with Gasteiger partial charge in [0.2, 0.25) is 0 Å². The van der Waals surface area contributed by atoms with Crippen LogP contribution in [-0.4, -0.2) is 19.3 Å². The van der Waals surface area contributed by atoms with Gasteiger partial charge in [-0.1, -0.05) is 0 Å². The number of hydrogen-bond acceptors (Lipinski definition) is 6. The molecule has 0 aliphatic rings. The highest BCUT2D eigenvalue weighted by Crippen LogP contribution is 2.39. The smallest absolute Gasteiger partial charge is 0.174 e. The van der Waals surface area contributed by atoms with Crippen molar-refractivity contribution in [2.45, 2.75) is 11.1 Å². The van der Waals surface area contributed by atoms with Gasteiger partial charge < -0.3 is 4.74 Å². The minimum absolute atomic E-state index is 0.410. The predicted molar refractivity (Wildman–Crippen MR) is 65.3 cm³/mol. The second-order valence-corrected chi connectivity index (χ2v) is 4.66. The molecule has 1 aromatic rings. The fourth-order valence-electron chi connectivity index (χ4n) is 1.01. The molecule has 0 fully saturated rings. The first-order valence-electron chi connectivity index (χ1n) is 4.43. The summed E-state index contributed by atoms with van der Waals surface area (Å²) in [4.78, 5) is 4.45. The van der Waals surface area contributed by atoms with Crippen LogP contribution in [0, 0.1) is 22.7 Å². The van der Waals surface area contributed by atoms with Crippen LogP contribution in [0.25, 0.3) is 0 Å². The third-order valence-corrected chi connectivity index (χ3v) is 3.88. The first-order valence-corrected chi connectivity index (χ1v) is 6.47. The summed E-state index contributed by atoms with van der Waals surface area (Å²) in [5.41, 5.74) is 0.859. The van der Waals surface area contributed by atoms with E-state index in [2.05, 4.69) is 11.1 Å². The molecule has 1 heterocycles. The highest BCUT2D eigenvalue weighted by atomic mass is 32.2. The largest absolute Gasteiger partial charge is 0.483 e. The van der Waals surface area contributed by atoms with Crippen molar-refractivity contribution in [1.82, 2.24) is 0 Å². The van der Waals surface area contributed by atoms with Crippen molar-refractivity contribution < 1.29 is 4.74 Å². The number of hydrogen-bond donors (Lipinski definition) is 0. The second-order valence-electron chi connectivity index (χ2n) is 2.56. The first-order chi connectivity index (χ1) is 7.78. The van der Waals surface area contributed by atoms with Crippen LogP contribution in [0.3, 0.4) is 0 Å². The number of nitrogens with zero attached hydrogens (tertiary/aromatic N) is 3. The van der Waals surface area contributed by atoms with Crippen LogP contribution in [0.5, 0.6) is 0 Å². The lowest BCUT2D eigenvalue weighted by Gasteiger charge is -1.93. The maximum atomic E-state index is 9.01. The number of thiophene rings is 1. The van der Waals surface area contributed by atoms with E-state index in [1.54, 1.807) is 0 Å². The molecule has 0 radical (unpaired) electrons. The van der Waals surface area contributed by atoms with E-state index in [4.69, 9.17) is 15.3 Å². The quantitative estimate of drug-likeness (QED) is 0.468. The van der Waals surface area contributed by atoms with E-state index in [1.807, 2.05) is 19.2 Å². The van der Waals surface area contributed by atoms with Gasteiger partial charge in [0, 0.05) is 0 Å². The molecule has 0 aromatic carbocycles. The van der Waals surface area contributed by atoms with Crippen molar-refractivity contribution in [2.24, 2.45) is 4.99 Å². The number of aliphatic imine (C=N–C) groups is 1. The van der Waals surface area contributed by atoms with Gasteiger partial charge in [-0.05, 0) is 13.2 Å². The van der Waals surface area contributed by atoms with E-state index in [9.17, 15) is 0 Å². The van der Waals surface area contributed by atoms with Crippen molar-refractivity contribution in [3.63, 3.8) is 0 Å². The third-order valence-electron chi connectivity index (χ3n) is 1.67. The third kappa shape index (κ3) is 2.54. The molecule has 16 heavy (non-hydrogen) atoms. The Bertz CT molecular complexity index is 479. The van der Waals surface area contributed by atoms with Gasteiger partial charge in [-0.15, -0.1) is 23.1 Å². The Hall–Kier alpha value is -1.50. The SMILES string of the molecule is CCOC=Nc1c(C#N)sc(SC)c1C#N. The molecule has 0 N–H and O–H groups in total. The zero-order valence-electron chi connectivity index (χ0n) is 8.85. The average molecular weight is 251 g/mol. The topological polar surface area (TPSA) is 69.2 Å². The van der Waals surface area contributed by atoms with Gasteiger partial charge in [0.25, 0.3) is 0 Å². The maximum absolute atomic E-state index is 9.01. The predicted octanol–water partition coefficient (Wildman–Crippen LogP) is 2.91. The van der Waals surface area contributed by atoms with Crippen molar-refractivity contribution in [3.8, 4) is 12.1 Å². The van der Waals surface area contributed by atoms with Crippen molar-refractivity contribution in [3.05, 3.63) is 10.4 Å². The molecule has 82 valence electrons. The average Bonchev–Trinajstić information content (AvgIpc) is 2.66. The van der Waals surface area contributed by atoms with E-state index in [-0.39, 0.29) is 0 Å². The van der Waals surface area contributed by atoms with Gasteiger partial charge in [0.15, 0.2) is 6.40 Å². The van der Waals surface area contributed by atoms with Gasteiger partial charge in [-0.3, -0.25) is 0 Å². The Morgan fingerprint density at radius 1 is 1.50 bits per heavy atom. The summed E-state index contributed by atoms with van der Waals surface area (Å²) in [5.74, 6) is 0. The summed E-state index contributed by atoms with van der Waals surface area (Å²) in [6.07, 6.45) is 3.14. The van der Waals surface area contributed by atoms with E-state index < -0.39 is 0 Å². The van der Waals surface area contributed by atoms with E-state index in [0.717, 1.165) is 4.21 Å². The summed E-state index contributed by atoms with van der Waals surface area (Å²) in [7, 11) is 0. The van der Waals surface area contributed by atoms with Crippen LogP contribution < -0.4 is 0 Å². The minimum Gasteiger partial charge on any atom is -0.483 e. The van der Waals surface area contributed by atoms with E-state index in [0.29, 0.717) is 22.7 Å². The van der Waals surface area contributed by atoms with Gasteiger partial charge >= 0.3 is 0 Å². The molecule has 0 aliphatic heterocycles. The Morgan fingerprint density at radius 2 is 2.25 bits per heavy atom. The number of ether oxygens (including phenoxy) is 1. The zero-order chi connectivity index (χ0) is 12.0. The summed E-state index contributed by atoms with van der Waals surface area (Å²) < 4.78 is 5.77. The molecule has 0 amide bonds. The molecule has 0 saturated heterocycles. The molecule has 0 spiro atoms. The number of rotatable bonds is 4. The standard InChI is InChI=1S/C10H9N3OS2/c1-3-14-6-13-9-7(4-11)10(15-2)16-8(9)5-12/h6H,3H2,1-2H3. The van der Waals surface area contributed by atoms with Crippen LogP contribution in [0.1, 0.15) is 17.4 Å². The van der Waals surface area contributed by atoms with Gasteiger partial charge in [-0.25, -0.2) is 4.99 Å². The Kier molecular flexibility index (Phi) is 4.84. The van der Waals surface area contributed by atoms with Crippen molar-refractivity contribution in [2.75, 3.05) is 12.9 Å². The lowest BCUT2D eigenvalue weighted by atomic mass is 10.3.